The first-order valence-corrected chi connectivity index (χ1v) is 9.20. The van der Waals surface area contributed by atoms with Gasteiger partial charge in [-0.05, 0) is 28.9 Å². The second-order valence-corrected chi connectivity index (χ2v) is 7.23. The van der Waals surface area contributed by atoms with E-state index in [2.05, 4.69) is 25.6 Å². The van der Waals surface area contributed by atoms with E-state index >= 15 is 0 Å². The minimum Gasteiger partial charge on any atom is -0.300 e. The molecule has 0 radical (unpaired) electrons. The fourth-order valence-corrected chi connectivity index (χ4v) is 3.43. The Morgan fingerprint density at radius 1 is 1.33 bits per heavy atom. The van der Waals surface area contributed by atoms with Crippen molar-refractivity contribution >= 4 is 34.1 Å². The number of nitrogens with zero attached hydrogens (tertiary/aromatic N) is 4. The highest BCUT2D eigenvalue weighted by molar-refractivity contribution is 7.99. The molecule has 0 aliphatic heterocycles. The Bertz CT molecular complexity index is 814. The van der Waals surface area contributed by atoms with E-state index in [1.165, 1.54) is 23.1 Å². The zero-order chi connectivity index (χ0) is 16.9. The van der Waals surface area contributed by atoms with Crippen LogP contribution in [-0.4, -0.2) is 31.9 Å². The summed E-state index contributed by atoms with van der Waals surface area (Å²) >= 11 is 2.76. The summed E-state index contributed by atoms with van der Waals surface area (Å²) < 4.78 is 1.83. The third-order valence-electron chi connectivity index (χ3n) is 3.08. The lowest BCUT2D eigenvalue weighted by atomic mass is 10.2. The molecule has 1 amide bonds. The summed E-state index contributed by atoms with van der Waals surface area (Å²) in [5.41, 5.74) is 0.962. The van der Waals surface area contributed by atoms with E-state index in [0.717, 1.165) is 15.9 Å². The molecule has 0 aliphatic carbocycles. The van der Waals surface area contributed by atoms with Gasteiger partial charge < -0.3 is 0 Å². The molecule has 2 heterocycles. The molecule has 0 saturated heterocycles. The summed E-state index contributed by atoms with van der Waals surface area (Å²) in [5.74, 6) is 0.416. The predicted molar refractivity (Wildman–Crippen MR) is 93.5 cm³/mol. The number of aromatic nitrogens is 5. The lowest BCUT2D eigenvalue weighted by molar-refractivity contribution is -0.694. The van der Waals surface area contributed by atoms with Gasteiger partial charge in [-0.25, -0.2) is 0 Å². The van der Waals surface area contributed by atoms with Crippen molar-refractivity contribution in [3.63, 3.8) is 0 Å². The average Bonchev–Trinajstić information content (AvgIpc) is 3.23. The Kier molecular flexibility index (Phi) is 5.21. The van der Waals surface area contributed by atoms with Crippen molar-refractivity contribution in [2.45, 2.75) is 24.9 Å². The lowest BCUT2D eigenvalue weighted by Crippen LogP contribution is -2.35. The number of amides is 1. The molecule has 9 heteroatoms. The topological polar surface area (TPSA) is 87.4 Å². The molecule has 3 aromatic rings. The SMILES string of the molecule is CC(C)c1nnc(NC(=O)CSc2nc[nH][n+]2-c2ccccc2)s1. The highest BCUT2D eigenvalue weighted by Crippen LogP contribution is 2.22. The number of para-hydroxylation sites is 1. The van der Waals surface area contributed by atoms with Gasteiger partial charge in [-0.2, -0.15) is 5.10 Å². The number of anilines is 1. The molecule has 0 atom stereocenters. The standard InChI is InChI=1S/C15H16N6OS2/c1-10(2)13-19-20-14(24-13)18-12(22)8-23-15-16-9-17-21(15)11-6-4-3-5-7-11/h3-7,9-10H,8H2,1-2H3,(H,18,20,22)/p+1. The van der Waals surface area contributed by atoms with E-state index in [0.29, 0.717) is 11.0 Å². The number of H-pyrrole nitrogens is 1. The quantitative estimate of drug-likeness (QED) is 0.520. The van der Waals surface area contributed by atoms with Crippen molar-refractivity contribution in [3.05, 3.63) is 41.7 Å². The second-order valence-electron chi connectivity index (χ2n) is 5.28. The number of carbonyl (C=O) groups excluding carboxylic acids is 1. The van der Waals surface area contributed by atoms with Gasteiger partial charge in [0.15, 0.2) is 5.69 Å². The normalized spacial score (nSPS) is 11.0. The van der Waals surface area contributed by atoms with Gasteiger partial charge in [0.25, 0.3) is 0 Å². The maximum Gasteiger partial charge on any atom is 0.385 e. The van der Waals surface area contributed by atoms with Crippen LogP contribution in [0, 0.1) is 0 Å². The molecule has 124 valence electrons. The van der Waals surface area contributed by atoms with Crippen LogP contribution in [0.4, 0.5) is 5.13 Å². The number of rotatable bonds is 6. The van der Waals surface area contributed by atoms with Crippen LogP contribution in [0.5, 0.6) is 0 Å². The Hall–Kier alpha value is -2.26. The van der Waals surface area contributed by atoms with E-state index in [1.807, 2.05) is 48.9 Å². The Balaban J connectivity index is 1.60. The summed E-state index contributed by atoms with van der Waals surface area (Å²) in [6, 6.07) is 9.79. The van der Waals surface area contributed by atoms with Crippen molar-refractivity contribution in [1.82, 2.24) is 20.3 Å². The van der Waals surface area contributed by atoms with Gasteiger partial charge in [0, 0.05) is 5.92 Å². The number of hydrogen-bond donors (Lipinski definition) is 2. The van der Waals surface area contributed by atoms with Gasteiger partial charge in [-0.1, -0.05) is 43.4 Å². The number of benzene rings is 1. The number of thioether (sulfide) groups is 1. The molecule has 2 N–H and O–H groups in total. The number of hydrogen-bond acceptors (Lipinski definition) is 6. The molecule has 24 heavy (non-hydrogen) atoms. The molecule has 0 aliphatic rings. The van der Waals surface area contributed by atoms with E-state index in [-0.39, 0.29) is 11.7 Å². The van der Waals surface area contributed by atoms with Crippen molar-refractivity contribution < 1.29 is 9.48 Å². The molecular formula is C15H17N6OS2+. The van der Waals surface area contributed by atoms with Crippen LogP contribution >= 0.6 is 23.1 Å². The maximum atomic E-state index is 12.1. The molecule has 0 saturated carbocycles. The Morgan fingerprint density at radius 2 is 2.12 bits per heavy atom. The molecular weight excluding hydrogens is 344 g/mol. The van der Waals surface area contributed by atoms with Crippen LogP contribution in [0.15, 0.2) is 41.8 Å². The number of aromatic amines is 1. The largest absolute Gasteiger partial charge is 0.385 e. The van der Waals surface area contributed by atoms with Crippen molar-refractivity contribution in [1.29, 1.82) is 0 Å². The van der Waals surface area contributed by atoms with E-state index < -0.39 is 0 Å². The lowest BCUT2D eigenvalue weighted by Gasteiger charge is -1.99. The van der Waals surface area contributed by atoms with Gasteiger partial charge in [-0.15, -0.1) is 14.9 Å². The fraction of sp³-hybridized carbons (Fsp3) is 0.267. The molecule has 0 bridgehead atoms. The summed E-state index contributed by atoms with van der Waals surface area (Å²) in [4.78, 5) is 16.4. The van der Waals surface area contributed by atoms with Crippen molar-refractivity contribution in [2.75, 3.05) is 11.1 Å². The monoisotopic (exact) mass is 361 g/mol. The summed E-state index contributed by atoms with van der Waals surface area (Å²) in [6.07, 6.45) is 1.60. The third kappa shape index (κ3) is 3.98. The van der Waals surface area contributed by atoms with Crippen LogP contribution in [0.3, 0.4) is 0 Å². The first-order chi connectivity index (χ1) is 11.6. The first kappa shape index (κ1) is 16.6. The second kappa shape index (κ2) is 7.54. The molecule has 0 fully saturated rings. The minimum absolute atomic E-state index is 0.130. The van der Waals surface area contributed by atoms with Crippen molar-refractivity contribution in [3.8, 4) is 5.69 Å². The van der Waals surface area contributed by atoms with Crippen LogP contribution in [0.1, 0.15) is 24.8 Å². The van der Waals surface area contributed by atoms with Gasteiger partial charge in [0.2, 0.25) is 17.4 Å². The number of carbonyl (C=O) groups is 1. The van der Waals surface area contributed by atoms with Gasteiger partial charge >= 0.3 is 5.16 Å². The summed E-state index contributed by atoms with van der Waals surface area (Å²) in [6.45, 7) is 4.09. The summed E-state index contributed by atoms with van der Waals surface area (Å²) in [7, 11) is 0. The van der Waals surface area contributed by atoms with Crippen LogP contribution in [-0.2, 0) is 4.79 Å². The van der Waals surface area contributed by atoms with E-state index in [4.69, 9.17) is 0 Å². The molecule has 2 aromatic heterocycles. The molecule has 3 rings (SSSR count). The van der Waals surface area contributed by atoms with Crippen LogP contribution < -0.4 is 10.00 Å². The number of nitrogens with one attached hydrogen (secondary N) is 2. The van der Waals surface area contributed by atoms with Gasteiger partial charge in [-0.3, -0.25) is 10.1 Å². The summed E-state index contributed by atoms with van der Waals surface area (Å²) in [5, 5.41) is 16.0. The first-order valence-electron chi connectivity index (χ1n) is 7.40. The van der Waals surface area contributed by atoms with Gasteiger partial charge in [0.1, 0.15) is 5.01 Å². The predicted octanol–water partition coefficient (Wildman–Crippen LogP) is 2.39. The molecule has 7 nitrogen and oxygen atoms in total. The highest BCUT2D eigenvalue weighted by atomic mass is 32.2. The Labute approximate surface area is 147 Å². The molecule has 0 spiro atoms. The smallest absolute Gasteiger partial charge is 0.300 e. The van der Waals surface area contributed by atoms with E-state index in [1.54, 1.807) is 6.33 Å². The highest BCUT2D eigenvalue weighted by Gasteiger charge is 2.19. The molecule has 1 aromatic carbocycles. The fourth-order valence-electron chi connectivity index (χ4n) is 1.92. The van der Waals surface area contributed by atoms with Gasteiger partial charge in [0.05, 0.1) is 5.75 Å². The zero-order valence-electron chi connectivity index (χ0n) is 13.3. The third-order valence-corrected chi connectivity index (χ3v) is 5.17. The van der Waals surface area contributed by atoms with Crippen molar-refractivity contribution in [2.24, 2.45) is 0 Å². The Morgan fingerprint density at radius 3 is 2.83 bits per heavy atom. The van der Waals surface area contributed by atoms with Crippen LogP contribution in [0.2, 0.25) is 0 Å². The van der Waals surface area contributed by atoms with Crippen LogP contribution in [0.25, 0.3) is 5.69 Å². The maximum absolute atomic E-state index is 12.1. The minimum atomic E-state index is -0.130. The average molecular weight is 361 g/mol. The van der Waals surface area contributed by atoms with E-state index in [9.17, 15) is 4.79 Å². The zero-order valence-corrected chi connectivity index (χ0v) is 14.9. The molecule has 0 unspecified atom stereocenters.